The van der Waals surface area contributed by atoms with Crippen LogP contribution in [0.15, 0.2) is 48.5 Å². The molecule has 0 aliphatic carbocycles. The van der Waals surface area contributed by atoms with Crippen molar-refractivity contribution >= 4 is 34.2 Å². The van der Waals surface area contributed by atoms with Crippen LogP contribution in [-0.2, 0) is 0 Å². The molecule has 0 aliphatic rings. The first kappa shape index (κ1) is 14.8. The molecule has 0 amide bonds. The Morgan fingerprint density at radius 2 is 1.79 bits per heavy atom. The van der Waals surface area contributed by atoms with Gasteiger partial charge >= 0.3 is 0 Å². The van der Waals surface area contributed by atoms with Crippen molar-refractivity contribution < 1.29 is 0 Å². The van der Waals surface area contributed by atoms with Gasteiger partial charge in [-0.3, -0.25) is 0 Å². The van der Waals surface area contributed by atoms with Crippen molar-refractivity contribution in [3.05, 3.63) is 68.3 Å². The van der Waals surface area contributed by atoms with Crippen LogP contribution in [0.25, 0.3) is 0 Å². The number of hydrogen-bond donors (Lipinski definition) is 1. The van der Waals surface area contributed by atoms with Crippen LogP contribution >= 0.6 is 34.2 Å². The number of halogens is 2. The number of hydrogen-bond acceptors (Lipinski definition) is 1. The van der Waals surface area contributed by atoms with Crippen LogP contribution in [0.3, 0.4) is 0 Å². The summed E-state index contributed by atoms with van der Waals surface area (Å²) in [4.78, 5) is 0. The highest BCUT2D eigenvalue weighted by molar-refractivity contribution is 14.1. The van der Waals surface area contributed by atoms with Gasteiger partial charge in [0.15, 0.2) is 0 Å². The number of benzene rings is 2. The van der Waals surface area contributed by atoms with Gasteiger partial charge in [0.05, 0.1) is 6.04 Å². The van der Waals surface area contributed by atoms with Gasteiger partial charge in [0, 0.05) is 8.59 Å². The first-order valence-corrected chi connectivity index (χ1v) is 7.91. The van der Waals surface area contributed by atoms with Crippen LogP contribution in [0.4, 0.5) is 0 Å². The first-order valence-electron chi connectivity index (χ1n) is 6.45. The van der Waals surface area contributed by atoms with Crippen molar-refractivity contribution in [3.63, 3.8) is 0 Å². The zero-order valence-corrected chi connectivity index (χ0v) is 13.8. The minimum absolute atomic E-state index is 0.227. The molecule has 1 unspecified atom stereocenters. The molecule has 0 saturated heterocycles. The second-order valence-electron chi connectivity index (χ2n) is 4.46. The van der Waals surface area contributed by atoms with Crippen molar-refractivity contribution in [1.29, 1.82) is 0 Å². The largest absolute Gasteiger partial charge is 0.306 e. The standard InChI is InChI=1S/C16H17ClIN/c1-2-11-19-16(12-7-9-13(17)10-8-12)14-5-3-4-6-15(14)18/h3-10,16,19H,2,11H2,1H3. The van der Waals surface area contributed by atoms with Gasteiger partial charge in [-0.15, -0.1) is 0 Å². The Hall–Kier alpha value is -0.580. The van der Waals surface area contributed by atoms with Crippen LogP contribution in [0.1, 0.15) is 30.5 Å². The number of nitrogens with one attached hydrogen (secondary N) is 1. The Bertz CT molecular complexity index is 525. The van der Waals surface area contributed by atoms with Gasteiger partial charge in [-0.1, -0.05) is 48.9 Å². The summed E-state index contributed by atoms with van der Waals surface area (Å²) < 4.78 is 1.28. The van der Waals surface area contributed by atoms with E-state index < -0.39 is 0 Å². The molecule has 0 saturated carbocycles. The highest BCUT2D eigenvalue weighted by Gasteiger charge is 2.15. The molecule has 1 N–H and O–H groups in total. The van der Waals surface area contributed by atoms with E-state index in [0.29, 0.717) is 0 Å². The summed E-state index contributed by atoms with van der Waals surface area (Å²) in [5, 5.41) is 4.39. The van der Waals surface area contributed by atoms with Gasteiger partial charge in [-0.25, -0.2) is 0 Å². The molecule has 0 radical (unpaired) electrons. The molecule has 3 heteroatoms. The molecular formula is C16H17ClIN. The third-order valence-electron chi connectivity index (χ3n) is 3.02. The second-order valence-corrected chi connectivity index (χ2v) is 6.06. The molecule has 1 atom stereocenters. The summed E-state index contributed by atoms with van der Waals surface area (Å²) in [7, 11) is 0. The molecule has 0 aliphatic heterocycles. The van der Waals surface area contributed by atoms with E-state index in [1.807, 2.05) is 12.1 Å². The molecule has 0 bridgehead atoms. The Morgan fingerprint density at radius 1 is 1.11 bits per heavy atom. The zero-order chi connectivity index (χ0) is 13.7. The van der Waals surface area contributed by atoms with Gasteiger partial charge in [0.1, 0.15) is 0 Å². The molecule has 2 aromatic carbocycles. The maximum Gasteiger partial charge on any atom is 0.0587 e. The van der Waals surface area contributed by atoms with E-state index in [1.165, 1.54) is 14.7 Å². The van der Waals surface area contributed by atoms with E-state index in [9.17, 15) is 0 Å². The Balaban J connectivity index is 2.35. The fraction of sp³-hybridized carbons (Fsp3) is 0.250. The fourth-order valence-electron chi connectivity index (χ4n) is 2.06. The van der Waals surface area contributed by atoms with Gasteiger partial charge in [0.2, 0.25) is 0 Å². The Morgan fingerprint density at radius 3 is 2.42 bits per heavy atom. The molecular weight excluding hydrogens is 369 g/mol. The molecule has 0 fully saturated rings. The van der Waals surface area contributed by atoms with Crippen molar-refractivity contribution in [2.24, 2.45) is 0 Å². The van der Waals surface area contributed by atoms with Crippen molar-refractivity contribution in [2.45, 2.75) is 19.4 Å². The van der Waals surface area contributed by atoms with Crippen LogP contribution in [0.5, 0.6) is 0 Å². The average Bonchev–Trinajstić information content (AvgIpc) is 2.43. The van der Waals surface area contributed by atoms with Crippen LogP contribution < -0.4 is 5.32 Å². The minimum Gasteiger partial charge on any atom is -0.306 e. The fourth-order valence-corrected chi connectivity index (χ4v) is 2.89. The van der Waals surface area contributed by atoms with Crippen LogP contribution in [0.2, 0.25) is 5.02 Å². The maximum atomic E-state index is 5.98. The summed E-state index contributed by atoms with van der Waals surface area (Å²) >= 11 is 8.37. The quantitative estimate of drug-likeness (QED) is 0.712. The molecule has 2 rings (SSSR count). The van der Waals surface area contributed by atoms with Crippen molar-refractivity contribution in [2.75, 3.05) is 6.54 Å². The topological polar surface area (TPSA) is 12.0 Å². The van der Waals surface area contributed by atoms with E-state index in [0.717, 1.165) is 18.0 Å². The normalized spacial score (nSPS) is 12.4. The molecule has 2 aromatic rings. The highest BCUT2D eigenvalue weighted by atomic mass is 127. The van der Waals surface area contributed by atoms with Crippen molar-refractivity contribution in [1.82, 2.24) is 5.32 Å². The Kier molecular flexibility index (Phi) is 5.67. The van der Waals surface area contributed by atoms with Crippen molar-refractivity contribution in [3.8, 4) is 0 Å². The van der Waals surface area contributed by atoms with Gasteiger partial charge < -0.3 is 5.32 Å². The Labute approximate surface area is 133 Å². The smallest absolute Gasteiger partial charge is 0.0587 e. The van der Waals surface area contributed by atoms with Crippen LogP contribution in [-0.4, -0.2) is 6.54 Å². The number of rotatable bonds is 5. The lowest BCUT2D eigenvalue weighted by Crippen LogP contribution is -2.23. The minimum atomic E-state index is 0.227. The molecule has 1 nitrogen and oxygen atoms in total. The van der Waals surface area contributed by atoms with E-state index in [4.69, 9.17) is 11.6 Å². The van der Waals surface area contributed by atoms with Gasteiger partial charge in [0.25, 0.3) is 0 Å². The van der Waals surface area contributed by atoms with Gasteiger partial charge in [-0.05, 0) is 64.9 Å². The van der Waals surface area contributed by atoms with E-state index in [2.05, 4.69) is 71.2 Å². The summed E-state index contributed by atoms with van der Waals surface area (Å²) in [5.41, 5.74) is 2.57. The second kappa shape index (κ2) is 7.27. The maximum absolute atomic E-state index is 5.98. The van der Waals surface area contributed by atoms with Gasteiger partial charge in [-0.2, -0.15) is 0 Å². The third-order valence-corrected chi connectivity index (χ3v) is 4.25. The average molecular weight is 386 g/mol. The predicted octanol–water partition coefficient (Wildman–Crippen LogP) is 5.03. The van der Waals surface area contributed by atoms with E-state index >= 15 is 0 Å². The summed E-state index contributed by atoms with van der Waals surface area (Å²) in [6, 6.07) is 16.8. The lowest BCUT2D eigenvalue weighted by Gasteiger charge is -2.21. The zero-order valence-electron chi connectivity index (χ0n) is 10.9. The summed E-state index contributed by atoms with van der Waals surface area (Å²) in [5.74, 6) is 0. The highest BCUT2D eigenvalue weighted by Crippen LogP contribution is 2.27. The lowest BCUT2D eigenvalue weighted by atomic mass is 9.98. The molecule has 0 aromatic heterocycles. The molecule has 100 valence electrons. The van der Waals surface area contributed by atoms with Crippen LogP contribution in [0, 0.1) is 3.57 Å². The molecule has 0 spiro atoms. The molecule has 19 heavy (non-hydrogen) atoms. The third kappa shape index (κ3) is 3.94. The SMILES string of the molecule is CCCNC(c1ccc(Cl)cc1)c1ccccc1I. The van der Waals surface area contributed by atoms with E-state index in [1.54, 1.807) is 0 Å². The lowest BCUT2D eigenvalue weighted by molar-refractivity contribution is 0.597. The van der Waals surface area contributed by atoms with E-state index in [-0.39, 0.29) is 6.04 Å². The predicted molar refractivity (Wildman–Crippen MR) is 90.7 cm³/mol. The molecule has 0 heterocycles. The summed E-state index contributed by atoms with van der Waals surface area (Å²) in [6.07, 6.45) is 1.12. The first-order chi connectivity index (χ1) is 9.22. The summed E-state index contributed by atoms with van der Waals surface area (Å²) in [6.45, 7) is 3.18. The monoisotopic (exact) mass is 385 g/mol.